The quantitative estimate of drug-likeness (QED) is 0.0261. The molecular formula is C76H134O6. The van der Waals surface area contributed by atoms with Gasteiger partial charge in [-0.1, -0.05) is 311 Å². The lowest BCUT2D eigenvalue weighted by atomic mass is 10.0. The van der Waals surface area contributed by atoms with E-state index in [9.17, 15) is 14.4 Å². The summed E-state index contributed by atoms with van der Waals surface area (Å²) in [5, 5.41) is 0. The third kappa shape index (κ3) is 67.4. The Bertz CT molecular complexity index is 1550. The number of carbonyl (C=O) groups is 3. The molecule has 6 heteroatoms. The molecule has 0 aromatic heterocycles. The summed E-state index contributed by atoms with van der Waals surface area (Å²) in [4.78, 5) is 38.3. The van der Waals surface area contributed by atoms with Crippen molar-refractivity contribution in [1.29, 1.82) is 0 Å². The summed E-state index contributed by atoms with van der Waals surface area (Å²) in [6.45, 7) is 6.51. The Morgan fingerprint density at radius 3 is 0.793 bits per heavy atom. The van der Waals surface area contributed by atoms with Gasteiger partial charge in [-0.2, -0.15) is 0 Å². The highest BCUT2D eigenvalue weighted by Gasteiger charge is 2.19. The summed E-state index contributed by atoms with van der Waals surface area (Å²) in [6.07, 6.45) is 93.5. The molecule has 0 aliphatic rings. The van der Waals surface area contributed by atoms with E-state index in [0.717, 1.165) is 103 Å². The molecule has 0 saturated heterocycles. The van der Waals surface area contributed by atoms with Gasteiger partial charge < -0.3 is 14.2 Å². The molecule has 6 nitrogen and oxygen atoms in total. The summed E-state index contributed by atoms with van der Waals surface area (Å²) in [7, 11) is 0. The van der Waals surface area contributed by atoms with Gasteiger partial charge in [0.1, 0.15) is 13.2 Å². The van der Waals surface area contributed by atoms with Crippen LogP contribution in [0.5, 0.6) is 0 Å². The van der Waals surface area contributed by atoms with Crippen molar-refractivity contribution in [1.82, 2.24) is 0 Å². The SMILES string of the molecule is CC/C=C\C/C=C\C/C=C\C/C=C\C/C=C\CCCCCC(=O)OC(COC(=O)CCCCCCC/C=C\CCCCC)COC(=O)CCCCCCCCCCCCCCCCCCCCCCC/C=C\CCCCCCCCCC. The van der Waals surface area contributed by atoms with Crippen molar-refractivity contribution in [3.8, 4) is 0 Å². The minimum atomic E-state index is -0.798. The highest BCUT2D eigenvalue weighted by atomic mass is 16.6. The van der Waals surface area contributed by atoms with E-state index < -0.39 is 6.10 Å². The Morgan fingerprint density at radius 2 is 0.476 bits per heavy atom. The first-order valence-electron chi connectivity index (χ1n) is 35.6. The van der Waals surface area contributed by atoms with E-state index in [2.05, 4.69) is 106 Å². The number of carbonyl (C=O) groups excluding carboxylic acids is 3. The molecule has 0 spiro atoms. The van der Waals surface area contributed by atoms with Crippen LogP contribution < -0.4 is 0 Å². The molecule has 1 unspecified atom stereocenters. The number of allylic oxidation sites excluding steroid dienone is 14. The zero-order valence-electron chi connectivity index (χ0n) is 54.5. The van der Waals surface area contributed by atoms with Crippen molar-refractivity contribution in [3.05, 3.63) is 85.1 Å². The molecule has 474 valence electrons. The van der Waals surface area contributed by atoms with Crippen LogP contribution in [0, 0.1) is 0 Å². The van der Waals surface area contributed by atoms with E-state index in [0.29, 0.717) is 12.8 Å². The Labute approximate surface area is 509 Å². The first-order chi connectivity index (χ1) is 40.5. The second-order valence-corrected chi connectivity index (χ2v) is 23.8. The smallest absolute Gasteiger partial charge is 0.306 e. The number of unbranched alkanes of at least 4 members (excludes halogenated alkanes) is 40. The van der Waals surface area contributed by atoms with Crippen LogP contribution in [0.3, 0.4) is 0 Å². The third-order valence-corrected chi connectivity index (χ3v) is 15.6. The molecule has 0 N–H and O–H groups in total. The molecule has 0 aliphatic heterocycles. The van der Waals surface area contributed by atoms with Crippen LogP contribution in [-0.4, -0.2) is 37.2 Å². The highest BCUT2D eigenvalue weighted by molar-refractivity contribution is 5.71. The first kappa shape index (κ1) is 78.6. The predicted molar refractivity (Wildman–Crippen MR) is 358 cm³/mol. The summed E-state index contributed by atoms with van der Waals surface area (Å²) in [5.41, 5.74) is 0. The molecular weight excluding hydrogens is 1010 g/mol. The Balaban J connectivity index is 4.17. The van der Waals surface area contributed by atoms with Crippen LogP contribution in [0.4, 0.5) is 0 Å². The zero-order chi connectivity index (χ0) is 59.2. The van der Waals surface area contributed by atoms with Gasteiger partial charge in [0.25, 0.3) is 0 Å². The maximum Gasteiger partial charge on any atom is 0.306 e. The zero-order valence-corrected chi connectivity index (χ0v) is 54.5. The number of rotatable bonds is 65. The average molecular weight is 1140 g/mol. The van der Waals surface area contributed by atoms with Gasteiger partial charge in [0.2, 0.25) is 0 Å². The first-order valence-corrected chi connectivity index (χ1v) is 35.6. The fraction of sp³-hybridized carbons (Fsp3) is 0.776. The lowest BCUT2D eigenvalue weighted by Gasteiger charge is -2.18. The van der Waals surface area contributed by atoms with Crippen LogP contribution in [0.1, 0.15) is 361 Å². The Kier molecular flexibility index (Phi) is 67.2. The maximum absolute atomic E-state index is 12.9. The van der Waals surface area contributed by atoms with E-state index in [4.69, 9.17) is 14.2 Å². The van der Waals surface area contributed by atoms with E-state index in [-0.39, 0.29) is 37.5 Å². The fourth-order valence-corrected chi connectivity index (χ4v) is 10.3. The van der Waals surface area contributed by atoms with Gasteiger partial charge in [-0.15, -0.1) is 0 Å². The average Bonchev–Trinajstić information content (AvgIpc) is 3.47. The van der Waals surface area contributed by atoms with Crippen LogP contribution in [0.15, 0.2) is 85.1 Å². The van der Waals surface area contributed by atoms with Crippen LogP contribution in [0.2, 0.25) is 0 Å². The van der Waals surface area contributed by atoms with Crippen molar-refractivity contribution in [3.63, 3.8) is 0 Å². The molecule has 1 atom stereocenters. The summed E-state index contributed by atoms with van der Waals surface area (Å²) >= 11 is 0. The summed E-state index contributed by atoms with van der Waals surface area (Å²) in [6, 6.07) is 0. The van der Waals surface area contributed by atoms with E-state index in [1.807, 2.05) is 0 Å². The van der Waals surface area contributed by atoms with Gasteiger partial charge in [-0.25, -0.2) is 0 Å². The molecule has 0 amide bonds. The lowest BCUT2D eigenvalue weighted by Crippen LogP contribution is -2.30. The largest absolute Gasteiger partial charge is 0.462 e. The molecule has 0 rings (SSSR count). The molecule has 0 aromatic rings. The summed E-state index contributed by atoms with van der Waals surface area (Å²) in [5.74, 6) is -0.917. The van der Waals surface area contributed by atoms with Crippen LogP contribution >= 0.6 is 0 Å². The number of ether oxygens (including phenoxy) is 3. The van der Waals surface area contributed by atoms with E-state index in [1.165, 1.54) is 218 Å². The second kappa shape index (κ2) is 70.1. The van der Waals surface area contributed by atoms with E-state index in [1.54, 1.807) is 0 Å². The van der Waals surface area contributed by atoms with E-state index >= 15 is 0 Å². The molecule has 0 bridgehead atoms. The molecule has 0 aromatic carbocycles. The third-order valence-electron chi connectivity index (χ3n) is 15.6. The molecule has 82 heavy (non-hydrogen) atoms. The molecule has 0 saturated carbocycles. The van der Waals surface area contributed by atoms with Crippen molar-refractivity contribution in [2.75, 3.05) is 13.2 Å². The van der Waals surface area contributed by atoms with Gasteiger partial charge in [0.15, 0.2) is 6.10 Å². The van der Waals surface area contributed by atoms with Gasteiger partial charge >= 0.3 is 17.9 Å². The summed E-state index contributed by atoms with van der Waals surface area (Å²) < 4.78 is 16.9. The minimum absolute atomic E-state index is 0.0900. The van der Waals surface area contributed by atoms with Crippen molar-refractivity contribution in [2.45, 2.75) is 367 Å². The van der Waals surface area contributed by atoms with Gasteiger partial charge in [-0.3, -0.25) is 14.4 Å². The topological polar surface area (TPSA) is 78.9 Å². The van der Waals surface area contributed by atoms with Crippen molar-refractivity contribution in [2.24, 2.45) is 0 Å². The van der Waals surface area contributed by atoms with Crippen LogP contribution in [0.25, 0.3) is 0 Å². The van der Waals surface area contributed by atoms with Gasteiger partial charge in [-0.05, 0) is 116 Å². The van der Waals surface area contributed by atoms with Gasteiger partial charge in [0, 0.05) is 19.3 Å². The lowest BCUT2D eigenvalue weighted by molar-refractivity contribution is -0.167. The Hall–Kier alpha value is -3.41. The molecule has 0 heterocycles. The normalized spacial score (nSPS) is 12.6. The maximum atomic E-state index is 12.9. The van der Waals surface area contributed by atoms with Crippen molar-refractivity contribution >= 4 is 17.9 Å². The fourth-order valence-electron chi connectivity index (χ4n) is 10.3. The van der Waals surface area contributed by atoms with Gasteiger partial charge in [0.05, 0.1) is 0 Å². The highest BCUT2D eigenvalue weighted by Crippen LogP contribution is 2.18. The Morgan fingerprint density at radius 1 is 0.256 bits per heavy atom. The monoisotopic (exact) mass is 1140 g/mol. The standard InChI is InChI=1S/C76H134O6/c1-4-7-10-13-16-19-22-25-27-29-31-32-33-34-35-36-37-38-39-40-41-42-43-44-46-47-49-51-54-57-60-63-66-69-75(78)81-72-73(71-80-74(77)68-65-62-59-56-53-24-21-18-15-12-9-6-3)82-76(79)70-67-64-61-58-55-52-50-48-45-30-28-26-23-20-17-14-11-8-5-2/h8,11,17-18,20-21,26,28-29,31,45,48,52,55,73H,4-7,9-10,12-16,19,22-25,27,30,32-44,46-47,49-51,53-54,56-72H2,1-3H3/b11-8-,20-17-,21-18-,28-26-,31-29-,48-45-,55-52-. The molecule has 0 fully saturated rings. The second-order valence-electron chi connectivity index (χ2n) is 23.8. The number of hydrogen-bond acceptors (Lipinski definition) is 6. The van der Waals surface area contributed by atoms with Crippen molar-refractivity contribution < 1.29 is 28.6 Å². The number of hydrogen-bond donors (Lipinski definition) is 0. The minimum Gasteiger partial charge on any atom is -0.462 e. The predicted octanol–water partition coefficient (Wildman–Crippen LogP) is 24.6. The number of esters is 3. The molecule has 0 aliphatic carbocycles. The molecule has 0 radical (unpaired) electrons. The van der Waals surface area contributed by atoms with Crippen LogP contribution in [-0.2, 0) is 28.6 Å².